The minimum absolute atomic E-state index is 0.0222. The zero-order valence-corrected chi connectivity index (χ0v) is 12.4. The molecule has 1 amide bonds. The molecule has 1 rings (SSSR count). The van der Waals surface area contributed by atoms with Crippen molar-refractivity contribution in [2.45, 2.75) is 12.8 Å². The van der Waals surface area contributed by atoms with Crippen LogP contribution in [0.3, 0.4) is 0 Å². The van der Waals surface area contributed by atoms with Gasteiger partial charge in [0.1, 0.15) is 5.56 Å². The first-order valence-electron chi connectivity index (χ1n) is 6.13. The van der Waals surface area contributed by atoms with Gasteiger partial charge in [-0.05, 0) is 12.5 Å². The van der Waals surface area contributed by atoms with Gasteiger partial charge in [-0.1, -0.05) is 17.7 Å². The molecule has 0 heterocycles. The number of amides is 1. The zero-order valence-electron chi connectivity index (χ0n) is 11.7. The molecular formula is C13H15ClN2O5. The highest BCUT2D eigenvalue weighted by molar-refractivity contribution is 6.34. The highest BCUT2D eigenvalue weighted by Gasteiger charge is 2.25. The molecule has 0 spiro atoms. The normalized spacial score (nSPS) is 10.0. The Morgan fingerprint density at radius 2 is 2.10 bits per heavy atom. The smallest absolute Gasteiger partial charge is 0.305 e. The second kappa shape index (κ2) is 7.58. The lowest BCUT2D eigenvalue weighted by Crippen LogP contribution is -2.29. The van der Waals surface area contributed by atoms with E-state index in [1.54, 1.807) is 0 Å². The lowest BCUT2D eigenvalue weighted by Gasteiger charge is -2.17. The second-order valence-electron chi connectivity index (χ2n) is 4.30. The van der Waals surface area contributed by atoms with E-state index in [2.05, 4.69) is 4.74 Å². The number of benzene rings is 1. The molecule has 114 valence electrons. The van der Waals surface area contributed by atoms with E-state index in [-0.39, 0.29) is 35.2 Å². The Morgan fingerprint density at radius 3 is 2.67 bits per heavy atom. The van der Waals surface area contributed by atoms with E-state index in [1.165, 1.54) is 37.3 Å². The van der Waals surface area contributed by atoms with Crippen molar-refractivity contribution in [3.05, 3.63) is 38.9 Å². The van der Waals surface area contributed by atoms with Gasteiger partial charge in [-0.25, -0.2) is 0 Å². The van der Waals surface area contributed by atoms with Crippen LogP contribution in [0.4, 0.5) is 5.69 Å². The molecule has 7 nitrogen and oxygen atoms in total. The molecule has 0 aromatic heterocycles. The maximum atomic E-state index is 12.3. The molecule has 0 bridgehead atoms. The minimum atomic E-state index is -0.651. The molecule has 0 unspecified atom stereocenters. The van der Waals surface area contributed by atoms with Gasteiger partial charge in [0.05, 0.1) is 17.1 Å². The number of esters is 1. The second-order valence-corrected chi connectivity index (χ2v) is 4.70. The summed E-state index contributed by atoms with van der Waals surface area (Å²) in [6.07, 6.45) is 0.561. The third-order valence-corrected chi connectivity index (χ3v) is 3.17. The molecule has 21 heavy (non-hydrogen) atoms. The van der Waals surface area contributed by atoms with E-state index >= 15 is 0 Å². The number of carbonyl (C=O) groups is 2. The SMILES string of the molecule is COC(=O)CCCN(C)C(=O)c1c(Cl)cccc1[N+](=O)[O-]. The Kier molecular flexibility index (Phi) is 6.10. The Bertz CT molecular complexity index is 561. The minimum Gasteiger partial charge on any atom is -0.469 e. The Labute approximate surface area is 126 Å². The molecule has 8 heteroatoms. The van der Waals surface area contributed by atoms with Crippen molar-refractivity contribution in [3.63, 3.8) is 0 Å². The van der Waals surface area contributed by atoms with Crippen molar-refractivity contribution in [1.82, 2.24) is 4.90 Å². The lowest BCUT2D eigenvalue weighted by molar-refractivity contribution is -0.385. The van der Waals surface area contributed by atoms with Gasteiger partial charge in [-0.3, -0.25) is 19.7 Å². The average molecular weight is 315 g/mol. The van der Waals surface area contributed by atoms with Gasteiger partial charge in [0.15, 0.2) is 0 Å². The van der Waals surface area contributed by atoms with Gasteiger partial charge in [0.25, 0.3) is 11.6 Å². The summed E-state index contributed by atoms with van der Waals surface area (Å²) in [7, 11) is 2.77. The van der Waals surface area contributed by atoms with Crippen LogP contribution >= 0.6 is 11.6 Å². The van der Waals surface area contributed by atoms with Gasteiger partial charge in [-0.15, -0.1) is 0 Å². The van der Waals surface area contributed by atoms with E-state index in [9.17, 15) is 19.7 Å². The van der Waals surface area contributed by atoms with Crippen molar-refractivity contribution in [2.75, 3.05) is 20.7 Å². The largest absolute Gasteiger partial charge is 0.469 e. The average Bonchev–Trinajstić information content (AvgIpc) is 2.45. The molecule has 0 fully saturated rings. The van der Waals surface area contributed by atoms with Gasteiger partial charge >= 0.3 is 5.97 Å². The van der Waals surface area contributed by atoms with Gasteiger partial charge < -0.3 is 9.64 Å². The van der Waals surface area contributed by atoms with E-state index in [4.69, 9.17) is 11.6 Å². The van der Waals surface area contributed by atoms with Crippen LogP contribution < -0.4 is 0 Å². The lowest BCUT2D eigenvalue weighted by atomic mass is 10.1. The fraction of sp³-hybridized carbons (Fsp3) is 0.385. The molecule has 0 aliphatic carbocycles. The molecule has 0 aliphatic rings. The first kappa shape index (κ1) is 16.9. The molecule has 0 aliphatic heterocycles. The zero-order chi connectivity index (χ0) is 16.0. The molecule has 0 saturated heterocycles. The van der Waals surface area contributed by atoms with E-state index in [1.807, 2.05) is 0 Å². The maximum absolute atomic E-state index is 12.3. The Balaban J connectivity index is 2.83. The number of ether oxygens (including phenoxy) is 1. The first-order chi connectivity index (χ1) is 9.88. The summed E-state index contributed by atoms with van der Waals surface area (Å²) in [6, 6.07) is 4.06. The maximum Gasteiger partial charge on any atom is 0.305 e. The van der Waals surface area contributed by atoms with Crippen LogP contribution in [0, 0.1) is 10.1 Å². The van der Waals surface area contributed by atoms with Gasteiger partial charge in [0, 0.05) is 26.1 Å². The van der Waals surface area contributed by atoms with Crippen molar-refractivity contribution < 1.29 is 19.2 Å². The summed E-state index contributed by atoms with van der Waals surface area (Å²) in [6.45, 7) is 0.260. The number of nitro groups is 1. The Morgan fingerprint density at radius 1 is 1.43 bits per heavy atom. The van der Waals surface area contributed by atoms with Crippen LogP contribution in [0.15, 0.2) is 18.2 Å². The molecule has 0 radical (unpaired) electrons. The van der Waals surface area contributed by atoms with Crippen LogP contribution in [0.2, 0.25) is 5.02 Å². The first-order valence-corrected chi connectivity index (χ1v) is 6.51. The number of halogens is 1. The van der Waals surface area contributed by atoms with E-state index in [0.717, 1.165) is 0 Å². The number of carbonyl (C=O) groups excluding carboxylic acids is 2. The molecule has 0 N–H and O–H groups in total. The van der Waals surface area contributed by atoms with Crippen molar-refractivity contribution in [3.8, 4) is 0 Å². The highest BCUT2D eigenvalue weighted by Crippen LogP contribution is 2.27. The third kappa shape index (κ3) is 4.42. The van der Waals surface area contributed by atoms with Gasteiger partial charge in [-0.2, -0.15) is 0 Å². The summed E-state index contributed by atoms with van der Waals surface area (Å²) < 4.78 is 4.49. The number of nitro benzene ring substituents is 1. The molecule has 1 aromatic carbocycles. The number of rotatable bonds is 6. The predicted octanol–water partition coefficient (Wildman–Crippen LogP) is 2.27. The van der Waals surface area contributed by atoms with E-state index in [0.29, 0.717) is 6.42 Å². The van der Waals surface area contributed by atoms with Crippen LogP contribution in [-0.4, -0.2) is 42.4 Å². The standard InChI is InChI=1S/C13H15ClN2O5/c1-15(8-4-7-11(17)21-2)13(18)12-9(14)5-3-6-10(12)16(19)20/h3,5-6H,4,7-8H2,1-2H3. The summed E-state index contributed by atoms with van der Waals surface area (Å²) in [5.41, 5.74) is -0.489. The van der Waals surface area contributed by atoms with Crippen molar-refractivity contribution in [2.24, 2.45) is 0 Å². The van der Waals surface area contributed by atoms with Gasteiger partial charge in [0.2, 0.25) is 0 Å². The van der Waals surface area contributed by atoms with Crippen LogP contribution in [-0.2, 0) is 9.53 Å². The van der Waals surface area contributed by atoms with Crippen molar-refractivity contribution in [1.29, 1.82) is 0 Å². The molecule has 0 saturated carbocycles. The summed E-state index contributed by atoms with van der Waals surface area (Å²) in [5, 5.41) is 11.0. The summed E-state index contributed by atoms with van der Waals surface area (Å²) in [4.78, 5) is 34.8. The third-order valence-electron chi connectivity index (χ3n) is 2.85. The van der Waals surface area contributed by atoms with Crippen molar-refractivity contribution >= 4 is 29.2 Å². The van der Waals surface area contributed by atoms with Crippen LogP contribution in [0.25, 0.3) is 0 Å². The number of hydrogen-bond acceptors (Lipinski definition) is 5. The number of nitrogens with zero attached hydrogens (tertiary/aromatic N) is 2. The number of methoxy groups -OCH3 is 1. The Hall–Kier alpha value is -2.15. The molecular weight excluding hydrogens is 300 g/mol. The highest BCUT2D eigenvalue weighted by atomic mass is 35.5. The van der Waals surface area contributed by atoms with Crippen LogP contribution in [0.1, 0.15) is 23.2 Å². The van der Waals surface area contributed by atoms with E-state index < -0.39 is 10.8 Å². The fourth-order valence-electron chi connectivity index (χ4n) is 1.73. The monoisotopic (exact) mass is 314 g/mol. The summed E-state index contributed by atoms with van der Waals surface area (Å²) >= 11 is 5.89. The predicted molar refractivity (Wildman–Crippen MR) is 76.3 cm³/mol. The number of hydrogen-bond donors (Lipinski definition) is 0. The molecule has 1 aromatic rings. The summed E-state index contributed by atoms with van der Waals surface area (Å²) in [5.74, 6) is -0.934. The fourth-order valence-corrected chi connectivity index (χ4v) is 1.98. The topological polar surface area (TPSA) is 89.8 Å². The van der Waals surface area contributed by atoms with Crippen LogP contribution in [0.5, 0.6) is 0 Å². The quantitative estimate of drug-likeness (QED) is 0.456. The molecule has 0 atom stereocenters.